The van der Waals surface area contributed by atoms with E-state index in [0.29, 0.717) is 17.9 Å². The number of hydrogen-bond donors (Lipinski definition) is 0. The van der Waals surface area contributed by atoms with Crippen LogP contribution in [0.1, 0.15) is 12.0 Å². The van der Waals surface area contributed by atoms with E-state index in [0.717, 1.165) is 11.3 Å². The molecule has 0 saturated carbocycles. The van der Waals surface area contributed by atoms with E-state index in [1.807, 2.05) is 54.6 Å². The van der Waals surface area contributed by atoms with Gasteiger partial charge in [0.2, 0.25) is 6.10 Å². The lowest BCUT2D eigenvalue weighted by Gasteiger charge is -2.21. The number of hydrogen-bond acceptors (Lipinski definition) is 4. The number of amides is 1. The molecule has 118 valence electrons. The lowest BCUT2D eigenvalue weighted by atomic mass is 10.0. The van der Waals surface area contributed by atoms with Gasteiger partial charge < -0.3 is 14.5 Å². The first-order valence-corrected chi connectivity index (χ1v) is 7.39. The molecule has 0 N–H and O–H groups in total. The van der Waals surface area contributed by atoms with Gasteiger partial charge in [0.1, 0.15) is 5.75 Å². The molecule has 0 bridgehead atoms. The summed E-state index contributed by atoms with van der Waals surface area (Å²) in [6.45, 7) is 0. The van der Waals surface area contributed by atoms with E-state index >= 15 is 0 Å². The average Bonchev–Trinajstić information content (AvgIpc) is 3.11. The molecule has 0 radical (unpaired) electrons. The Labute approximate surface area is 135 Å². The van der Waals surface area contributed by atoms with Crippen LogP contribution in [0.3, 0.4) is 0 Å². The Morgan fingerprint density at radius 2 is 1.87 bits per heavy atom. The minimum absolute atomic E-state index is 0.149. The van der Waals surface area contributed by atoms with Crippen molar-refractivity contribution in [2.24, 2.45) is 5.16 Å². The zero-order valence-corrected chi connectivity index (χ0v) is 13.1. The van der Waals surface area contributed by atoms with E-state index in [1.54, 1.807) is 19.1 Å². The molecule has 1 amide bonds. The average molecular weight is 310 g/mol. The highest BCUT2D eigenvalue weighted by Crippen LogP contribution is 2.28. The van der Waals surface area contributed by atoms with Gasteiger partial charge in [-0.15, -0.1) is 0 Å². The van der Waals surface area contributed by atoms with Gasteiger partial charge in [0, 0.05) is 13.5 Å². The summed E-state index contributed by atoms with van der Waals surface area (Å²) in [7, 11) is 3.30. The lowest BCUT2D eigenvalue weighted by molar-refractivity contribution is -0.128. The molecule has 2 aromatic rings. The second kappa shape index (κ2) is 6.52. The Bertz CT molecular complexity index is 728. The molecule has 0 fully saturated rings. The summed E-state index contributed by atoms with van der Waals surface area (Å²) < 4.78 is 5.31. The molecule has 5 nitrogen and oxygen atoms in total. The summed E-state index contributed by atoms with van der Waals surface area (Å²) in [5, 5.41) is 4.07. The maximum absolute atomic E-state index is 12.7. The highest BCUT2D eigenvalue weighted by Gasteiger charge is 2.32. The SMILES string of the molecule is COc1ccccc1N(C)C(=O)C1CC(c2ccccc2)=NO1. The minimum Gasteiger partial charge on any atom is -0.495 e. The number of rotatable bonds is 4. The fourth-order valence-corrected chi connectivity index (χ4v) is 2.55. The second-order valence-corrected chi connectivity index (χ2v) is 5.27. The summed E-state index contributed by atoms with van der Waals surface area (Å²) in [6, 6.07) is 17.1. The van der Waals surface area contributed by atoms with Crippen LogP contribution in [-0.2, 0) is 9.63 Å². The third kappa shape index (κ3) is 3.04. The second-order valence-electron chi connectivity index (χ2n) is 5.27. The number of oxime groups is 1. The monoisotopic (exact) mass is 310 g/mol. The van der Waals surface area contributed by atoms with E-state index in [1.165, 1.54) is 0 Å². The Morgan fingerprint density at radius 1 is 1.17 bits per heavy atom. The van der Waals surface area contributed by atoms with Crippen molar-refractivity contribution < 1.29 is 14.4 Å². The molecule has 0 spiro atoms. The molecule has 1 atom stereocenters. The number of likely N-dealkylation sites (N-methyl/N-ethyl adjacent to an activating group) is 1. The third-order valence-electron chi connectivity index (χ3n) is 3.83. The van der Waals surface area contributed by atoms with Crippen LogP contribution in [0.15, 0.2) is 59.8 Å². The first kappa shape index (κ1) is 15.1. The number of ether oxygens (including phenoxy) is 1. The van der Waals surface area contributed by atoms with Crippen LogP contribution in [0.25, 0.3) is 0 Å². The van der Waals surface area contributed by atoms with Gasteiger partial charge >= 0.3 is 0 Å². The predicted molar refractivity (Wildman–Crippen MR) is 88.9 cm³/mol. The third-order valence-corrected chi connectivity index (χ3v) is 3.83. The summed E-state index contributed by atoms with van der Waals surface area (Å²) in [6.07, 6.45) is -0.150. The number of para-hydroxylation sites is 2. The molecule has 0 aliphatic carbocycles. The van der Waals surface area contributed by atoms with E-state index in [2.05, 4.69) is 5.16 Å². The molecule has 0 aromatic heterocycles. The first-order chi connectivity index (χ1) is 11.2. The smallest absolute Gasteiger partial charge is 0.271 e. The minimum atomic E-state index is -0.611. The quantitative estimate of drug-likeness (QED) is 0.872. The summed E-state index contributed by atoms with van der Waals surface area (Å²) in [5.41, 5.74) is 2.47. The van der Waals surface area contributed by atoms with Gasteiger partial charge in [-0.2, -0.15) is 0 Å². The van der Waals surface area contributed by atoms with Gasteiger partial charge in [-0.1, -0.05) is 47.6 Å². The standard InChI is InChI=1S/C18H18N2O3/c1-20(15-10-6-7-11-16(15)22-2)18(21)17-12-14(19-23-17)13-8-4-3-5-9-13/h3-11,17H,12H2,1-2H3. The maximum atomic E-state index is 12.7. The van der Waals surface area contributed by atoms with Crippen LogP contribution in [0.2, 0.25) is 0 Å². The normalized spacial score (nSPS) is 16.4. The van der Waals surface area contributed by atoms with Crippen molar-refractivity contribution in [3.05, 3.63) is 60.2 Å². The van der Waals surface area contributed by atoms with Crippen LogP contribution >= 0.6 is 0 Å². The Morgan fingerprint density at radius 3 is 2.61 bits per heavy atom. The van der Waals surface area contributed by atoms with Gasteiger partial charge in [-0.25, -0.2) is 0 Å². The van der Waals surface area contributed by atoms with Gasteiger partial charge in [0.25, 0.3) is 5.91 Å². The van der Waals surface area contributed by atoms with Crippen molar-refractivity contribution in [3.8, 4) is 5.75 Å². The lowest BCUT2D eigenvalue weighted by Crippen LogP contribution is -2.36. The van der Waals surface area contributed by atoms with Crippen LogP contribution in [0, 0.1) is 0 Å². The maximum Gasteiger partial charge on any atom is 0.271 e. The summed E-state index contributed by atoms with van der Waals surface area (Å²) in [4.78, 5) is 19.6. The molecule has 23 heavy (non-hydrogen) atoms. The van der Waals surface area contributed by atoms with Crippen molar-refractivity contribution >= 4 is 17.3 Å². The molecule has 1 heterocycles. The first-order valence-electron chi connectivity index (χ1n) is 7.39. The molecule has 3 rings (SSSR count). The van der Waals surface area contributed by atoms with E-state index < -0.39 is 6.10 Å². The van der Waals surface area contributed by atoms with Gasteiger partial charge in [0.15, 0.2) is 0 Å². The number of nitrogens with zero attached hydrogens (tertiary/aromatic N) is 2. The zero-order valence-electron chi connectivity index (χ0n) is 13.1. The molecule has 1 aliphatic rings. The summed E-state index contributed by atoms with van der Waals surface area (Å²) >= 11 is 0. The predicted octanol–water partition coefficient (Wildman–Crippen LogP) is 2.85. The van der Waals surface area contributed by atoms with Crippen molar-refractivity contribution in [1.82, 2.24) is 0 Å². The Balaban J connectivity index is 1.73. The van der Waals surface area contributed by atoms with Crippen LogP contribution in [0.5, 0.6) is 5.75 Å². The van der Waals surface area contributed by atoms with Gasteiger partial charge in [0.05, 0.1) is 18.5 Å². The van der Waals surface area contributed by atoms with E-state index in [-0.39, 0.29) is 5.91 Å². The molecule has 2 aromatic carbocycles. The van der Waals surface area contributed by atoms with Crippen LogP contribution in [0.4, 0.5) is 5.69 Å². The topological polar surface area (TPSA) is 51.1 Å². The Hall–Kier alpha value is -2.82. The Kier molecular flexibility index (Phi) is 4.28. The highest BCUT2D eigenvalue weighted by molar-refractivity contribution is 6.06. The number of carbonyl (C=O) groups is 1. The van der Waals surface area contributed by atoms with Gasteiger partial charge in [-0.3, -0.25) is 4.79 Å². The van der Waals surface area contributed by atoms with E-state index in [4.69, 9.17) is 9.57 Å². The van der Waals surface area contributed by atoms with Crippen molar-refractivity contribution in [2.45, 2.75) is 12.5 Å². The molecule has 0 saturated heterocycles. The number of benzene rings is 2. The fourth-order valence-electron chi connectivity index (χ4n) is 2.55. The fraction of sp³-hybridized carbons (Fsp3) is 0.222. The molecular formula is C18H18N2O3. The molecule has 1 unspecified atom stereocenters. The van der Waals surface area contributed by atoms with Crippen molar-refractivity contribution in [2.75, 3.05) is 19.1 Å². The van der Waals surface area contributed by atoms with Crippen molar-refractivity contribution in [1.29, 1.82) is 0 Å². The van der Waals surface area contributed by atoms with Crippen molar-refractivity contribution in [3.63, 3.8) is 0 Å². The van der Waals surface area contributed by atoms with E-state index in [9.17, 15) is 4.79 Å². The van der Waals surface area contributed by atoms with Gasteiger partial charge in [-0.05, 0) is 17.7 Å². The zero-order chi connectivity index (χ0) is 16.2. The highest BCUT2D eigenvalue weighted by atomic mass is 16.6. The number of carbonyl (C=O) groups excluding carboxylic acids is 1. The number of anilines is 1. The largest absolute Gasteiger partial charge is 0.495 e. The van der Waals surface area contributed by atoms with Crippen LogP contribution in [-0.4, -0.2) is 31.9 Å². The molecule has 1 aliphatic heterocycles. The molecule has 5 heteroatoms. The molecular weight excluding hydrogens is 292 g/mol. The number of methoxy groups -OCH3 is 1. The van der Waals surface area contributed by atoms with Crippen LogP contribution < -0.4 is 9.64 Å². The summed E-state index contributed by atoms with van der Waals surface area (Å²) in [5.74, 6) is 0.495.